The molecule has 0 bridgehead atoms. The average molecular weight is 368 g/mol. The Morgan fingerprint density at radius 1 is 1.12 bits per heavy atom. The van der Waals surface area contributed by atoms with Crippen LogP contribution in [0.25, 0.3) is 10.2 Å². The molecule has 1 N–H and O–H groups in total. The van der Waals surface area contributed by atoms with Crippen molar-refractivity contribution in [2.45, 2.75) is 20.0 Å². The minimum atomic E-state index is -0.986. The summed E-state index contributed by atoms with van der Waals surface area (Å²) >= 11 is 1.42. The van der Waals surface area contributed by atoms with Crippen LogP contribution in [-0.4, -0.2) is 28.7 Å². The molecule has 0 radical (unpaired) electrons. The molecule has 0 saturated heterocycles. The molecule has 6 nitrogen and oxygen atoms in total. The van der Waals surface area contributed by atoms with Crippen molar-refractivity contribution in [1.29, 1.82) is 0 Å². The molecule has 1 heterocycles. The lowest BCUT2D eigenvalue weighted by molar-refractivity contribution is -0.123. The summed E-state index contributed by atoms with van der Waals surface area (Å²) in [4.78, 5) is 40.1. The van der Waals surface area contributed by atoms with Crippen molar-refractivity contribution < 1.29 is 19.1 Å². The molecule has 0 fully saturated rings. The highest BCUT2D eigenvalue weighted by Gasteiger charge is 2.19. The Balaban J connectivity index is 1.65. The first kappa shape index (κ1) is 17.8. The standard InChI is InChI=1S/C19H16N2O4S/c1-11(22)13-4-3-5-15(8-13)21-18(23)12(2)25-19(24)14-6-7-16-17(9-14)26-10-20-16/h3-10,12H,1-2H3,(H,21,23)/t12-/m0/s1. The van der Waals surface area contributed by atoms with Crippen molar-refractivity contribution in [1.82, 2.24) is 4.98 Å². The fourth-order valence-corrected chi connectivity index (χ4v) is 3.04. The Morgan fingerprint density at radius 2 is 1.92 bits per heavy atom. The third-order valence-electron chi connectivity index (χ3n) is 3.76. The zero-order valence-electron chi connectivity index (χ0n) is 14.2. The number of carbonyl (C=O) groups is 3. The van der Waals surface area contributed by atoms with Crippen LogP contribution in [0.4, 0.5) is 5.69 Å². The van der Waals surface area contributed by atoms with Gasteiger partial charge in [-0.25, -0.2) is 9.78 Å². The Hall–Kier alpha value is -3.06. The zero-order valence-corrected chi connectivity index (χ0v) is 15.0. The lowest BCUT2D eigenvalue weighted by atomic mass is 10.1. The number of benzene rings is 2. The number of hydrogen-bond donors (Lipinski definition) is 1. The predicted molar refractivity (Wildman–Crippen MR) is 99.6 cm³/mol. The second kappa shape index (κ2) is 7.45. The van der Waals surface area contributed by atoms with E-state index in [1.54, 1.807) is 48.0 Å². The molecule has 3 aromatic rings. The fraction of sp³-hybridized carbons (Fsp3) is 0.158. The molecule has 26 heavy (non-hydrogen) atoms. The maximum Gasteiger partial charge on any atom is 0.338 e. The molecule has 1 atom stereocenters. The molecule has 3 rings (SSSR count). The molecule has 132 valence electrons. The molecular formula is C19H16N2O4S. The van der Waals surface area contributed by atoms with Crippen LogP contribution in [0.15, 0.2) is 48.0 Å². The van der Waals surface area contributed by atoms with E-state index in [2.05, 4.69) is 10.3 Å². The summed E-state index contributed by atoms with van der Waals surface area (Å²) in [7, 11) is 0. The quantitative estimate of drug-likeness (QED) is 0.548. The number of ether oxygens (including phenoxy) is 1. The number of carbonyl (C=O) groups excluding carboxylic acids is 3. The first-order valence-corrected chi connectivity index (χ1v) is 8.78. The fourth-order valence-electron chi connectivity index (χ4n) is 2.32. The largest absolute Gasteiger partial charge is 0.449 e. The van der Waals surface area contributed by atoms with Crippen molar-refractivity contribution in [3.63, 3.8) is 0 Å². The van der Waals surface area contributed by atoms with Crippen molar-refractivity contribution in [2.24, 2.45) is 0 Å². The number of esters is 1. The van der Waals surface area contributed by atoms with E-state index in [0.717, 1.165) is 10.2 Å². The molecule has 2 aromatic carbocycles. The molecule has 1 aromatic heterocycles. The predicted octanol–water partition coefficient (Wildman–Crippen LogP) is 3.68. The molecular weight excluding hydrogens is 352 g/mol. The van der Waals surface area contributed by atoms with Crippen molar-refractivity contribution in [3.8, 4) is 0 Å². The third-order valence-corrected chi connectivity index (χ3v) is 4.55. The number of nitrogens with one attached hydrogen (secondary N) is 1. The van der Waals surface area contributed by atoms with Gasteiger partial charge in [-0.1, -0.05) is 12.1 Å². The van der Waals surface area contributed by atoms with Gasteiger partial charge in [0.05, 0.1) is 21.3 Å². The smallest absolute Gasteiger partial charge is 0.338 e. The molecule has 0 aliphatic carbocycles. The lowest BCUT2D eigenvalue weighted by Crippen LogP contribution is -2.30. The van der Waals surface area contributed by atoms with Gasteiger partial charge in [0.2, 0.25) is 0 Å². The Bertz CT molecular complexity index is 996. The number of nitrogens with zero attached hydrogens (tertiary/aromatic N) is 1. The summed E-state index contributed by atoms with van der Waals surface area (Å²) < 4.78 is 6.11. The highest BCUT2D eigenvalue weighted by atomic mass is 32.1. The van der Waals surface area contributed by atoms with Crippen molar-refractivity contribution in [2.75, 3.05) is 5.32 Å². The molecule has 0 aliphatic rings. The van der Waals surface area contributed by atoms with E-state index in [1.165, 1.54) is 25.2 Å². The number of ketones is 1. The second-order valence-corrected chi connectivity index (χ2v) is 6.59. The Kier molecular flexibility index (Phi) is 5.09. The molecule has 1 amide bonds. The van der Waals surface area contributed by atoms with Gasteiger partial charge in [-0.2, -0.15) is 0 Å². The number of Topliss-reactive ketones (excluding diaryl/α,β-unsaturated/α-hetero) is 1. The molecule has 0 aliphatic heterocycles. The lowest BCUT2D eigenvalue weighted by Gasteiger charge is -2.14. The van der Waals surface area contributed by atoms with E-state index in [0.29, 0.717) is 16.8 Å². The van der Waals surface area contributed by atoms with E-state index < -0.39 is 18.0 Å². The van der Waals surface area contributed by atoms with Crippen LogP contribution in [0.5, 0.6) is 0 Å². The van der Waals surface area contributed by atoms with Crippen LogP contribution in [-0.2, 0) is 9.53 Å². The topological polar surface area (TPSA) is 85.4 Å². The van der Waals surface area contributed by atoms with Crippen LogP contribution < -0.4 is 5.32 Å². The van der Waals surface area contributed by atoms with E-state index in [-0.39, 0.29) is 5.78 Å². The summed E-state index contributed by atoms with van der Waals surface area (Å²) in [5, 5.41) is 2.64. The van der Waals surface area contributed by atoms with E-state index in [4.69, 9.17) is 4.74 Å². The number of aromatic nitrogens is 1. The van der Waals surface area contributed by atoms with Gasteiger partial charge in [-0.05, 0) is 44.2 Å². The number of anilines is 1. The first-order valence-electron chi connectivity index (χ1n) is 7.90. The summed E-state index contributed by atoms with van der Waals surface area (Å²) in [5.41, 5.74) is 3.83. The Labute approximate surface area is 153 Å². The number of thiazole rings is 1. The number of hydrogen-bond acceptors (Lipinski definition) is 6. The van der Waals surface area contributed by atoms with Gasteiger partial charge in [0, 0.05) is 11.3 Å². The van der Waals surface area contributed by atoms with Gasteiger partial charge < -0.3 is 10.1 Å². The molecule has 0 spiro atoms. The SMILES string of the molecule is CC(=O)c1cccc(NC(=O)[C@H](C)OC(=O)c2ccc3ncsc3c2)c1. The second-order valence-electron chi connectivity index (χ2n) is 5.71. The van der Waals surface area contributed by atoms with Gasteiger partial charge in [0.1, 0.15) is 0 Å². The summed E-state index contributed by atoms with van der Waals surface area (Å²) in [6.45, 7) is 2.94. The van der Waals surface area contributed by atoms with Crippen molar-refractivity contribution >= 4 is 44.9 Å². The highest BCUT2D eigenvalue weighted by molar-refractivity contribution is 7.16. The maximum atomic E-state index is 12.3. The molecule has 7 heteroatoms. The summed E-state index contributed by atoms with van der Waals surface area (Å²) in [6.07, 6.45) is -0.986. The average Bonchev–Trinajstić information content (AvgIpc) is 3.09. The van der Waals surface area contributed by atoms with Gasteiger partial charge in [-0.3, -0.25) is 9.59 Å². The van der Waals surface area contributed by atoms with Gasteiger partial charge >= 0.3 is 5.97 Å². The van der Waals surface area contributed by atoms with Crippen LogP contribution in [0, 0.1) is 0 Å². The van der Waals surface area contributed by atoms with Gasteiger partial charge in [0.15, 0.2) is 11.9 Å². The molecule has 0 unspecified atom stereocenters. The van der Waals surface area contributed by atoms with E-state index in [9.17, 15) is 14.4 Å². The highest BCUT2D eigenvalue weighted by Crippen LogP contribution is 2.20. The monoisotopic (exact) mass is 368 g/mol. The normalized spacial score (nSPS) is 11.8. The zero-order chi connectivity index (χ0) is 18.7. The van der Waals surface area contributed by atoms with Crippen molar-refractivity contribution in [3.05, 3.63) is 59.1 Å². The maximum absolute atomic E-state index is 12.3. The van der Waals surface area contributed by atoms with Gasteiger partial charge in [-0.15, -0.1) is 11.3 Å². The van der Waals surface area contributed by atoms with Crippen LogP contribution >= 0.6 is 11.3 Å². The first-order chi connectivity index (χ1) is 12.4. The molecule has 0 saturated carbocycles. The third kappa shape index (κ3) is 3.94. The minimum absolute atomic E-state index is 0.0981. The number of amides is 1. The number of fused-ring (bicyclic) bond motifs is 1. The van der Waals surface area contributed by atoms with Crippen LogP contribution in [0.2, 0.25) is 0 Å². The van der Waals surface area contributed by atoms with Crippen LogP contribution in [0.1, 0.15) is 34.6 Å². The summed E-state index contributed by atoms with van der Waals surface area (Å²) in [6, 6.07) is 11.6. The number of rotatable bonds is 5. The van der Waals surface area contributed by atoms with E-state index >= 15 is 0 Å². The Morgan fingerprint density at radius 3 is 2.69 bits per heavy atom. The summed E-state index contributed by atoms with van der Waals surface area (Å²) in [5.74, 6) is -1.16. The minimum Gasteiger partial charge on any atom is -0.449 e. The van der Waals surface area contributed by atoms with Gasteiger partial charge in [0.25, 0.3) is 5.91 Å². The van der Waals surface area contributed by atoms with E-state index in [1.807, 2.05) is 0 Å². The van der Waals surface area contributed by atoms with Crippen LogP contribution in [0.3, 0.4) is 0 Å².